The average Bonchev–Trinajstić information content (AvgIpc) is 3.26. The molecule has 2 heterocycles. The SMILES string of the molecule is Cc1oncc1S(=O)(=O)Nc1ccc2c(C(=O)Nc3ccc(F)c(Cl)c3)n(C)nc2c1. The van der Waals surface area contributed by atoms with Crippen LogP contribution in [-0.4, -0.2) is 29.3 Å². The standard InChI is InChI=1S/C19H15ClFN5O4S/c1-10-17(9-22-30-10)31(28,29)25-12-3-5-13-16(8-12)24-26(2)18(13)19(27)23-11-4-6-15(21)14(20)7-11/h3-9,25H,1-2H3,(H,23,27). The fourth-order valence-electron chi connectivity index (χ4n) is 3.06. The van der Waals surface area contributed by atoms with Gasteiger partial charge in [0, 0.05) is 18.1 Å². The molecule has 0 saturated carbocycles. The van der Waals surface area contributed by atoms with E-state index in [4.69, 9.17) is 16.1 Å². The lowest BCUT2D eigenvalue weighted by molar-refractivity contribution is 0.101. The second-order valence-electron chi connectivity index (χ2n) is 6.64. The fourth-order valence-corrected chi connectivity index (χ4v) is 4.38. The molecule has 2 aromatic carbocycles. The van der Waals surface area contributed by atoms with Crippen LogP contribution in [0.3, 0.4) is 0 Å². The molecule has 0 unspecified atom stereocenters. The highest BCUT2D eigenvalue weighted by Crippen LogP contribution is 2.26. The number of carbonyl (C=O) groups is 1. The smallest absolute Gasteiger partial charge is 0.274 e. The number of benzene rings is 2. The number of hydrogen-bond donors (Lipinski definition) is 2. The summed E-state index contributed by atoms with van der Waals surface area (Å²) in [6, 6.07) is 8.42. The Balaban J connectivity index is 1.63. The number of hydrogen-bond acceptors (Lipinski definition) is 6. The van der Waals surface area contributed by atoms with Gasteiger partial charge in [0.2, 0.25) is 0 Å². The van der Waals surface area contributed by atoms with E-state index in [0.29, 0.717) is 16.6 Å². The normalized spacial score (nSPS) is 11.6. The molecule has 0 aliphatic heterocycles. The minimum Gasteiger partial charge on any atom is -0.360 e. The first-order valence-electron chi connectivity index (χ1n) is 8.83. The van der Waals surface area contributed by atoms with Gasteiger partial charge in [-0.1, -0.05) is 16.8 Å². The molecule has 0 bridgehead atoms. The predicted molar refractivity (Wildman–Crippen MR) is 112 cm³/mol. The van der Waals surface area contributed by atoms with E-state index in [1.54, 1.807) is 13.1 Å². The maximum absolute atomic E-state index is 13.3. The summed E-state index contributed by atoms with van der Waals surface area (Å²) in [5, 5.41) is 10.8. The Morgan fingerprint density at radius 3 is 2.61 bits per heavy atom. The zero-order chi connectivity index (χ0) is 22.3. The van der Waals surface area contributed by atoms with Crippen LogP contribution in [0.2, 0.25) is 5.02 Å². The number of fused-ring (bicyclic) bond motifs is 1. The summed E-state index contributed by atoms with van der Waals surface area (Å²) in [4.78, 5) is 12.7. The third-order valence-electron chi connectivity index (χ3n) is 4.48. The van der Waals surface area contributed by atoms with E-state index in [-0.39, 0.29) is 27.1 Å². The van der Waals surface area contributed by atoms with Crippen molar-refractivity contribution in [2.45, 2.75) is 11.8 Å². The van der Waals surface area contributed by atoms with Gasteiger partial charge in [0.1, 0.15) is 16.4 Å². The largest absolute Gasteiger partial charge is 0.360 e. The van der Waals surface area contributed by atoms with Gasteiger partial charge in [-0.15, -0.1) is 0 Å². The lowest BCUT2D eigenvalue weighted by Crippen LogP contribution is -2.16. The van der Waals surface area contributed by atoms with Crippen molar-refractivity contribution in [3.8, 4) is 0 Å². The van der Waals surface area contributed by atoms with Crippen LogP contribution in [0.15, 0.2) is 52.0 Å². The Bertz CT molecular complexity index is 1430. The molecule has 160 valence electrons. The number of aryl methyl sites for hydroxylation is 2. The summed E-state index contributed by atoms with van der Waals surface area (Å²) < 4.78 is 47.0. The molecule has 0 fully saturated rings. The minimum atomic E-state index is -3.90. The molecule has 12 heteroatoms. The molecule has 9 nitrogen and oxygen atoms in total. The quantitative estimate of drug-likeness (QED) is 0.465. The molecule has 0 aliphatic carbocycles. The second kappa shape index (κ2) is 7.67. The van der Waals surface area contributed by atoms with Crippen LogP contribution in [0.5, 0.6) is 0 Å². The second-order valence-corrected chi connectivity index (χ2v) is 8.70. The van der Waals surface area contributed by atoms with Gasteiger partial charge in [-0.05, 0) is 43.3 Å². The molecular formula is C19H15ClFN5O4S. The number of rotatable bonds is 5. The zero-order valence-corrected chi connectivity index (χ0v) is 17.8. The highest BCUT2D eigenvalue weighted by atomic mass is 35.5. The van der Waals surface area contributed by atoms with Crippen molar-refractivity contribution >= 4 is 49.8 Å². The Hall–Kier alpha value is -3.44. The molecule has 0 saturated heterocycles. The van der Waals surface area contributed by atoms with E-state index in [9.17, 15) is 17.6 Å². The molecular weight excluding hydrogens is 449 g/mol. The van der Waals surface area contributed by atoms with Crippen LogP contribution in [-0.2, 0) is 17.1 Å². The molecule has 2 N–H and O–H groups in total. The Labute approximate surface area is 180 Å². The summed E-state index contributed by atoms with van der Waals surface area (Å²) >= 11 is 5.76. The number of nitrogens with zero attached hydrogens (tertiary/aromatic N) is 3. The lowest BCUT2D eigenvalue weighted by atomic mass is 10.2. The molecule has 1 amide bonds. The van der Waals surface area contributed by atoms with E-state index in [0.717, 1.165) is 12.3 Å². The average molecular weight is 464 g/mol. The van der Waals surface area contributed by atoms with Crippen molar-refractivity contribution in [1.82, 2.24) is 14.9 Å². The maximum Gasteiger partial charge on any atom is 0.274 e. The van der Waals surface area contributed by atoms with Gasteiger partial charge in [0.15, 0.2) is 5.76 Å². The monoisotopic (exact) mass is 463 g/mol. The maximum atomic E-state index is 13.3. The lowest BCUT2D eigenvalue weighted by Gasteiger charge is -2.08. The Morgan fingerprint density at radius 2 is 1.94 bits per heavy atom. The van der Waals surface area contributed by atoms with Gasteiger partial charge < -0.3 is 9.84 Å². The van der Waals surface area contributed by atoms with Crippen LogP contribution in [0.25, 0.3) is 10.9 Å². The van der Waals surface area contributed by atoms with Crippen molar-refractivity contribution in [3.05, 3.63) is 64.9 Å². The van der Waals surface area contributed by atoms with Gasteiger partial charge in [0.25, 0.3) is 15.9 Å². The highest BCUT2D eigenvalue weighted by Gasteiger charge is 2.22. The van der Waals surface area contributed by atoms with Crippen molar-refractivity contribution in [3.63, 3.8) is 0 Å². The number of nitrogens with one attached hydrogen (secondary N) is 2. The van der Waals surface area contributed by atoms with Crippen molar-refractivity contribution < 1.29 is 22.1 Å². The van der Waals surface area contributed by atoms with Gasteiger partial charge >= 0.3 is 0 Å². The molecule has 31 heavy (non-hydrogen) atoms. The van der Waals surface area contributed by atoms with E-state index >= 15 is 0 Å². The number of carbonyl (C=O) groups excluding carboxylic acids is 1. The van der Waals surface area contributed by atoms with Gasteiger partial charge in [-0.3, -0.25) is 14.2 Å². The number of sulfonamides is 1. The highest BCUT2D eigenvalue weighted by molar-refractivity contribution is 7.92. The number of aromatic nitrogens is 3. The molecule has 4 rings (SSSR count). The number of amides is 1. The van der Waals surface area contributed by atoms with Gasteiger partial charge in [-0.25, -0.2) is 12.8 Å². The minimum absolute atomic E-state index is 0.0772. The third kappa shape index (κ3) is 3.97. The van der Waals surface area contributed by atoms with Crippen LogP contribution < -0.4 is 10.0 Å². The summed E-state index contributed by atoms with van der Waals surface area (Å²) in [5.41, 5.74) is 1.20. The van der Waals surface area contributed by atoms with Crippen LogP contribution in [0, 0.1) is 12.7 Å². The van der Waals surface area contributed by atoms with Crippen LogP contribution >= 0.6 is 11.6 Å². The van der Waals surface area contributed by atoms with E-state index in [1.807, 2.05) is 0 Å². The first-order chi connectivity index (χ1) is 14.7. The van der Waals surface area contributed by atoms with Crippen LogP contribution in [0.4, 0.5) is 15.8 Å². The molecule has 2 aromatic heterocycles. The zero-order valence-electron chi connectivity index (χ0n) is 16.2. The topological polar surface area (TPSA) is 119 Å². The Kier molecular flexibility index (Phi) is 5.15. The molecule has 0 aliphatic rings. The molecule has 4 aromatic rings. The predicted octanol–water partition coefficient (Wildman–Crippen LogP) is 3.72. The van der Waals surface area contributed by atoms with E-state index in [1.165, 1.54) is 35.9 Å². The van der Waals surface area contributed by atoms with Crippen molar-refractivity contribution in [2.75, 3.05) is 10.0 Å². The molecule has 0 atom stereocenters. The van der Waals surface area contributed by atoms with Gasteiger partial charge in [0.05, 0.1) is 22.4 Å². The number of anilines is 2. The van der Waals surface area contributed by atoms with E-state index in [2.05, 4.69) is 20.3 Å². The summed E-state index contributed by atoms with van der Waals surface area (Å²) in [6.07, 6.45) is 1.11. The van der Waals surface area contributed by atoms with Crippen molar-refractivity contribution in [2.24, 2.45) is 7.05 Å². The number of halogens is 2. The summed E-state index contributed by atoms with van der Waals surface area (Å²) in [7, 11) is -2.32. The van der Waals surface area contributed by atoms with E-state index < -0.39 is 21.7 Å². The fraction of sp³-hybridized carbons (Fsp3) is 0.105. The first kappa shape index (κ1) is 20.8. The molecule has 0 radical (unpaired) electrons. The first-order valence-corrected chi connectivity index (χ1v) is 10.7. The molecule has 0 spiro atoms. The summed E-state index contributed by atoms with van der Waals surface area (Å²) in [6.45, 7) is 1.49. The van der Waals surface area contributed by atoms with Gasteiger partial charge in [-0.2, -0.15) is 5.10 Å². The van der Waals surface area contributed by atoms with Crippen LogP contribution in [0.1, 0.15) is 16.2 Å². The van der Waals surface area contributed by atoms with Crippen molar-refractivity contribution in [1.29, 1.82) is 0 Å². The summed E-state index contributed by atoms with van der Waals surface area (Å²) in [5.74, 6) is -0.922. The Morgan fingerprint density at radius 1 is 1.19 bits per heavy atom. The third-order valence-corrected chi connectivity index (χ3v) is 6.24.